The number of hydrogen-bond acceptors (Lipinski definition) is 5. The maximum atomic E-state index is 14.4. The summed E-state index contributed by atoms with van der Waals surface area (Å²) in [4.78, 5) is 22.2. The highest BCUT2D eigenvalue weighted by Crippen LogP contribution is 2.50. The van der Waals surface area contributed by atoms with E-state index in [2.05, 4.69) is 15.1 Å². The molecule has 0 radical (unpaired) electrons. The monoisotopic (exact) mass is 543 g/mol. The molecule has 1 atom stereocenters. The molecule has 1 heterocycles. The number of oxime groups is 2. The van der Waals surface area contributed by atoms with Crippen LogP contribution >= 0.6 is 11.6 Å². The standard InChI is InChI=1S/C24H16ClF6N3O3/c1-36-32-12-34(13-35)21-7-6-18(17-4-2-3-5-19(17)21)20-11-22(37-33-20,24(29,30)31)14-8-15(23(26,27)28)10-16(25)9-14/h2-10,12-13H,11H2,1H3. The van der Waals surface area contributed by atoms with Crippen LogP contribution in [0.2, 0.25) is 5.02 Å². The molecule has 1 unspecified atom stereocenters. The van der Waals surface area contributed by atoms with Gasteiger partial charge in [-0.3, -0.25) is 9.69 Å². The maximum absolute atomic E-state index is 14.4. The maximum Gasteiger partial charge on any atom is 0.435 e. The summed E-state index contributed by atoms with van der Waals surface area (Å²) in [6.45, 7) is 0. The van der Waals surface area contributed by atoms with Gasteiger partial charge in [0, 0.05) is 28.0 Å². The third-order valence-corrected chi connectivity index (χ3v) is 5.98. The van der Waals surface area contributed by atoms with Gasteiger partial charge < -0.3 is 9.68 Å². The van der Waals surface area contributed by atoms with E-state index in [-0.39, 0.29) is 11.3 Å². The van der Waals surface area contributed by atoms with Crippen LogP contribution in [0.15, 0.2) is 64.9 Å². The summed E-state index contributed by atoms with van der Waals surface area (Å²) in [5, 5.41) is 7.55. The lowest BCUT2D eigenvalue weighted by Gasteiger charge is -2.30. The zero-order valence-corrected chi connectivity index (χ0v) is 19.5. The van der Waals surface area contributed by atoms with E-state index >= 15 is 0 Å². The highest BCUT2D eigenvalue weighted by molar-refractivity contribution is 6.30. The molecule has 0 aromatic heterocycles. The number of amides is 1. The molecule has 1 amide bonds. The van der Waals surface area contributed by atoms with Crippen molar-refractivity contribution in [3.05, 3.63) is 76.3 Å². The molecule has 1 aliphatic rings. The summed E-state index contributed by atoms with van der Waals surface area (Å²) in [6, 6.07) is 11.1. The van der Waals surface area contributed by atoms with Gasteiger partial charge in [-0.2, -0.15) is 26.3 Å². The van der Waals surface area contributed by atoms with Crippen molar-refractivity contribution in [2.24, 2.45) is 10.3 Å². The number of alkyl halides is 6. The first-order valence-electron chi connectivity index (χ1n) is 10.4. The van der Waals surface area contributed by atoms with Crippen molar-refractivity contribution in [2.75, 3.05) is 12.0 Å². The average molecular weight is 544 g/mol. The molecule has 3 aromatic rings. The molecule has 3 aromatic carbocycles. The normalized spacial score (nSPS) is 18.1. The molecule has 37 heavy (non-hydrogen) atoms. The number of carbonyl (C=O) groups excluding carboxylic acids is 1. The van der Waals surface area contributed by atoms with Gasteiger partial charge in [0.2, 0.25) is 6.41 Å². The lowest BCUT2D eigenvalue weighted by molar-refractivity contribution is -0.276. The Morgan fingerprint density at radius 2 is 1.78 bits per heavy atom. The van der Waals surface area contributed by atoms with Gasteiger partial charge in [-0.05, 0) is 29.7 Å². The molecule has 0 N–H and O–H groups in total. The molecule has 0 fully saturated rings. The van der Waals surface area contributed by atoms with Gasteiger partial charge in [-0.15, -0.1) is 0 Å². The van der Waals surface area contributed by atoms with Crippen LogP contribution in [0.3, 0.4) is 0 Å². The number of hydrogen-bond donors (Lipinski definition) is 0. The molecule has 0 spiro atoms. The minimum absolute atomic E-state index is 0.156. The number of anilines is 1. The summed E-state index contributed by atoms with van der Waals surface area (Å²) in [6.07, 6.45) is -9.42. The molecule has 0 bridgehead atoms. The summed E-state index contributed by atoms with van der Waals surface area (Å²) < 4.78 is 83.2. The van der Waals surface area contributed by atoms with E-state index in [1.807, 2.05) is 0 Å². The molecule has 0 saturated heterocycles. The van der Waals surface area contributed by atoms with Crippen molar-refractivity contribution in [3.8, 4) is 0 Å². The lowest BCUT2D eigenvalue weighted by atomic mass is 9.85. The Morgan fingerprint density at radius 3 is 2.41 bits per heavy atom. The van der Waals surface area contributed by atoms with Gasteiger partial charge in [0.15, 0.2) is 0 Å². The van der Waals surface area contributed by atoms with Gasteiger partial charge in [-0.1, -0.05) is 52.2 Å². The number of halogens is 7. The fourth-order valence-electron chi connectivity index (χ4n) is 4.04. The number of carbonyl (C=O) groups is 1. The molecule has 13 heteroatoms. The van der Waals surface area contributed by atoms with Crippen molar-refractivity contribution in [3.63, 3.8) is 0 Å². The fraction of sp³-hybridized carbons (Fsp3) is 0.208. The molecular formula is C24H16ClF6N3O3. The lowest BCUT2D eigenvalue weighted by Crippen LogP contribution is -2.43. The van der Waals surface area contributed by atoms with Crippen LogP contribution in [-0.2, 0) is 26.2 Å². The van der Waals surface area contributed by atoms with Gasteiger partial charge >= 0.3 is 12.4 Å². The predicted molar refractivity (Wildman–Crippen MR) is 124 cm³/mol. The molecule has 0 saturated carbocycles. The van der Waals surface area contributed by atoms with E-state index in [0.29, 0.717) is 35.0 Å². The number of nitrogens with zero attached hydrogens (tertiary/aromatic N) is 3. The third-order valence-electron chi connectivity index (χ3n) is 5.76. The van der Waals surface area contributed by atoms with Crippen LogP contribution in [0.1, 0.15) is 23.1 Å². The molecule has 0 aliphatic carbocycles. The number of rotatable bonds is 6. The highest BCUT2D eigenvalue weighted by atomic mass is 35.5. The van der Waals surface area contributed by atoms with Crippen molar-refractivity contribution in [1.82, 2.24) is 0 Å². The molecule has 1 aliphatic heterocycles. The van der Waals surface area contributed by atoms with Gasteiger partial charge in [0.25, 0.3) is 5.60 Å². The Hall–Kier alpha value is -3.80. The van der Waals surface area contributed by atoms with E-state index < -0.39 is 40.5 Å². The van der Waals surface area contributed by atoms with Crippen LogP contribution in [0, 0.1) is 0 Å². The Kier molecular flexibility index (Phi) is 6.80. The second-order valence-corrected chi connectivity index (χ2v) is 8.39. The summed E-state index contributed by atoms with van der Waals surface area (Å²) in [7, 11) is 1.28. The minimum atomic E-state index is -5.15. The van der Waals surface area contributed by atoms with E-state index in [0.717, 1.165) is 17.3 Å². The first-order valence-corrected chi connectivity index (χ1v) is 10.8. The minimum Gasteiger partial charge on any atom is -0.398 e. The second kappa shape index (κ2) is 9.58. The predicted octanol–water partition coefficient (Wildman–Crippen LogP) is 6.65. The fourth-order valence-corrected chi connectivity index (χ4v) is 4.27. The van der Waals surface area contributed by atoms with Gasteiger partial charge in [-0.25, -0.2) is 0 Å². The average Bonchev–Trinajstić information content (AvgIpc) is 3.30. The first kappa shape index (κ1) is 26.3. The first-order chi connectivity index (χ1) is 17.4. The SMILES string of the molecule is CON=CN(C=O)c1ccc(C2=NOC(c3cc(Cl)cc(C(F)(F)F)c3)(C(F)(F)F)C2)c2ccccc12. The molecule has 6 nitrogen and oxygen atoms in total. The number of benzene rings is 3. The molecular weight excluding hydrogens is 528 g/mol. The summed E-state index contributed by atoms with van der Waals surface area (Å²) in [5.74, 6) is 0. The smallest absolute Gasteiger partial charge is 0.398 e. The second-order valence-electron chi connectivity index (χ2n) is 7.95. The van der Waals surface area contributed by atoms with Crippen molar-refractivity contribution >= 4 is 46.5 Å². The Labute approximate surface area is 210 Å². The van der Waals surface area contributed by atoms with Crippen LogP contribution in [-0.4, -0.2) is 31.7 Å². The highest BCUT2D eigenvalue weighted by Gasteiger charge is 2.62. The largest absolute Gasteiger partial charge is 0.435 e. The van der Waals surface area contributed by atoms with E-state index in [4.69, 9.17) is 16.4 Å². The van der Waals surface area contributed by atoms with Crippen molar-refractivity contribution in [2.45, 2.75) is 24.4 Å². The Bertz CT molecular complexity index is 1410. The number of fused-ring (bicyclic) bond motifs is 1. The summed E-state index contributed by atoms with van der Waals surface area (Å²) >= 11 is 5.76. The molecule has 4 rings (SSSR count). The van der Waals surface area contributed by atoms with Crippen LogP contribution in [0.4, 0.5) is 32.0 Å². The van der Waals surface area contributed by atoms with Gasteiger partial charge in [0.05, 0.1) is 17.0 Å². The Balaban J connectivity index is 1.82. The Morgan fingerprint density at radius 1 is 1.08 bits per heavy atom. The van der Waals surface area contributed by atoms with Crippen LogP contribution in [0.25, 0.3) is 10.8 Å². The zero-order valence-electron chi connectivity index (χ0n) is 18.8. The van der Waals surface area contributed by atoms with E-state index in [1.165, 1.54) is 19.2 Å². The summed E-state index contributed by atoms with van der Waals surface area (Å²) in [5.41, 5.74) is -4.96. The molecule has 194 valence electrons. The van der Waals surface area contributed by atoms with Gasteiger partial charge in [0.1, 0.15) is 13.4 Å². The van der Waals surface area contributed by atoms with Crippen molar-refractivity contribution in [1.29, 1.82) is 0 Å². The van der Waals surface area contributed by atoms with Crippen LogP contribution < -0.4 is 4.90 Å². The van der Waals surface area contributed by atoms with Crippen LogP contribution in [0.5, 0.6) is 0 Å². The van der Waals surface area contributed by atoms with E-state index in [1.54, 1.807) is 24.3 Å². The van der Waals surface area contributed by atoms with E-state index in [9.17, 15) is 31.1 Å². The van der Waals surface area contributed by atoms with Crippen molar-refractivity contribution < 1.29 is 40.8 Å². The topological polar surface area (TPSA) is 63.5 Å². The quantitative estimate of drug-likeness (QED) is 0.115. The third kappa shape index (κ3) is 4.80. The zero-order chi connectivity index (χ0) is 27.0.